The first-order valence-corrected chi connectivity index (χ1v) is 7.45. The number of halogens is 1. The summed E-state index contributed by atoms with van der Waals surface area (Å²) in [5.41, 5.74) is 2.15. The van der Waals surface area contributed by atoms with E-state index in [2.05, 4.69) is 25.2 Å². The summed E-state index contributed by atoms with van der Waals surface area (Å²) in [5.74, 6) is 0.474. The van der Waals surface area contributed by atoms with Gasteiger partial charge in [0.15, 0.2) is 0 Å². The van der Waals surface area contributed by atoms with Crippen molar-refractivity contribution in [3.8, 4) is 5.75 Å². The number of methoxy groups -OCH3 is 1. The highest BCUT2D eigenvalue weighted by atomic mass is 32.1. The first kappa shape index (κ1) is 15.0. The van der Waals surface area contributed by atoms with Crippen molar-refractivity contribution in [2.45, 2.75) is 33.4 Å². The van der Waals surface area contributed by atoms with Gasteiger partial charge in [-0.25, -0.2) is 4.39 Å². The molecule has 0 bridgehead atoms. The molecule has 0 fully saturated rings. The lowest BCUT2D eigenvalue weighted by atomic mass is 10.1. The maximum absolute atomic E-state index is 13.4. The molecule has 1 heterocycles. The van der Waals surface area contributed by atoms with Gasteiger partial charge in [0.25, 0.3) is 0 Å². The fourth-order valence-electron chi connectivity index (χ4n) is 2.28. The molecule has 0 saturated carbocycles. The van der Waals surface area contributed by atoms with Crippen LogP contribution in [0.1, 0.15) is 33.8 Å². The molecule has 0 radical (unpaired) electrons. The second kappa shape index (κ2) is 6.37. The van der Waals surface area contributed by atoms with Gasteiger partial charge < -0.3 is 10.1 Å². The Kier molecular flexibility index (Phi) is 4.78. The Labute approximate surface area is 123 Å². The van der Waals surface area contributed by atoms with Crippen LogP contribution in [0, 0.1) is 19.7 Å². The van der Waals surface area contributed by atoms with E-state index in [1.807, 2.05) is 6.92 Å². The molecule has 1 aromatic heterocycles. The van der Waals surface area contributed by atoms with Gasteiger partial charge in [0.2, 0.25) is 0 Å². The number of aryl methyl sites for hydroxylation is 2. The van der Waals surface area contributed by atoms with Crippen molar-refractivity contribution in [1.29, 1.82) is 0 Å². The molecule has 4 heteroatoms. The van der Waals surface area contributed by atoms with E-state index < -0.39 is 0 Å². The zero-order valence-corrected chi connectivity index (χ0v) is 13.1. The van der Waals surface area contributed by atoms with Crippen molar-refractivity contribution in [3.05, 3.63) is 51.0 Å². The minimum Gasteiger partial charge on any atom is -0.496 e. The number of rotatable bonds is 5. The molecule has 2 aromatic rings. The van der Waals surface area contributed by atoms with Gasteiger partial charge in [0.1, 0.15) is 11.6 Å². The standard InChI is InChI=1S/C16H20FNOS/c1-10-7-13(12(3)20-10)9-18-11(2)15-8-14(17)5-6-16(15)19-4/h5-8,11,18H,9H2,1-4H3. The Morgan fingerprint density at radius 1 is 1.30 bits per heavy atom. The van der Waals surface area contributed by atoms with E-state index in [0.717, 1.165) is 12.1 Å². The molecule has 0 amide bonds. The first-order valence-electron chi connectivity index (χ1n) is 6.64. The Balaban J connectivity index is 2.10. The van der Waals surface area contributed by atoms with E-state index in [1.54, 1.807) is 24.5 Å². The van der Waals surface area contributed by atoms with Crippen LogP contribution >= 0.6 is 11.3 Å². The number of hydrogen-bond donors (Lipinski definition) is 1. The second-order valence-electron chi connectivity index (χ2n) is 4.93. The van der Waals surface area contributed by atoms with Crippen LogP contribution in [-0.4, -0.2) is 7.11 Å². The molecule has 0 aliphatic rings. The summed E-state index contributed by atoms with van der Waals surface area (Å²) in [6.45, 7) is 7.03. The SMILES string of the molecule is COc1ccc(F)cc1C(C)NCc1cc(C)sc1C. The van der Waals surface area contributed by atoms with Crippen molar-refractivity contribution in [2.75, 3.05) is 7.11 Å². The van der Waals surface area contributed by atoms with Crippen LogP contribution in [0.2, 0.25) is 0 Å². The quantitative estimate of drug-likeness (QED) is 0.884. The number of nitrogens with one attached hydrogen (secondary N) is 1. The maximum atomic E-state index is 13.4. The van der Waals surface area contributed by atoms with Crippen LogP contribution in [0.4, 0.5) is 4.39 Å². The van der Waals surface area contributed by atoms with Crippen LogP contribution in [0.3, 0.4) is 0 Å². The molecule has 0 spiro atoms. The topological polar surface area (TPSA) is 21.3 Å². The molecule has 2 rings (SSSR count). The maximum Gasteiger partial charge on any atom is 0.123 e. The van der Waals surface area contributed by atoms with Crippen LogP contribution in [0.5, 0.6) is 5.75 Å². The van der Waals surface area contributed by atoms with Crippen LogP contribution < -0.4 is 10.1 Å². The summed E-state index contributed by atoms with van der Waals surface area (Å²) in [6, 6.07) is 6.84. The van der Waals surface area contributed by atoms with Crippen LogP contribution in [-0.2, 0) is 6.54 Å². The van der Waals surface area contributed by atoms with E-state index in [1.165, 1.54) is 27.5 Å². The average molecular weight is 293 g/mol. The monoisotopic (exact) mass is 293 g/mol. The molecule has 1 N–H and O–H groups in total. The molecule has 108 valence electrons. The minimum absolute atomic E-state index is 0.0280. The molecule has 0 aliphatic heterocycles. The third kappa shape index (κ3) is 3.38. The summed E-state index contributed by atoms with van der Waals surface area (Å²) in [6.07, 6.45) is 0. The Morgan fingerprint density at radius 3 is 2.65 bits per heavy atom. The largest absolute Gasteiger partial charge is 0.496 e. The molecule has 1 atom stereocenters. The number of hydrogen-bond acceptors (Lipinski definition) is 3. The van der Waals surface area contributed by atoms with Crippen LogP contribution in [0.25, 0.3) is 0 Å². The summed E-state index contributed by atoms with van der Waals surface area (Å²) < 4.78 is 18.7. The fourth-order valence-corrected chi connectivity index (χ4v) is 3.22. The highest BCUT2D eigenvalue weighted by Gasteiger charge is 2.13. The van der Waals surface area contributed by atoms with Gasteiger partial charge in [0, 0.05) is 27.9 Å². The number of benzene rings is 1. The number of ether oxygens (including phenoxy) is 1. The highest BCUT2D eigenvalue weighted by Crippen LogP contribution is 2.27. The lowest BCUT2D eigenvalue weighted by Crippen LogP contribution is -2.19. The summed E-state index contributed by atoms with van der Waals surface area (Å²) in [5, 5.41) is 3.43. The van der Waals surface area contributed by atoms with E-state index in [4.69, 9.17) is 4.74 Å². The molecule has 0 aliphatic carbocycles. The van der Waals surface area contributed by atoms with Crippen molar-refractivity contribution < 1.29 is 9.13 Å². The molecule has 1 aromatic carbocycles. The van der Waals surface area contributed by atoms with Crippen LogP contribution in [0.15, 0.2) is 24.3 Å². The van der Waals surface area contributed by atoms with Crippen molar-refractivity contribution in [1.82, 2.24) is 5.32 Å². The van der Waals surface area contributed by atoms with Crippen molar-refractivity contribution in [2.24, 2.45) is 0 Å². The first-order chi connectivity index (χ1) is 9.51. The lowest BCUT2D eigenvalue weighted by molar-refractivity contribution is 0.399. The van der Waals surface area contributed by atoms with Crippen molar-refractivity contribution >= 4 is 11.3 Å². The third-order valence-electron chi connectivity index (χ3n) is 3.40. The van der Waals surface area contributed by atoms with Gasteiger partial charge in [-0.05, 0) is 50.6 Å². The highest BCUT2D eigenvalue weighted by molar-refractivity contribution is 7.12. The fraction of sp³-hybridized carbons (Fsp3) is 0.375. The van der Waals surface area contributed by atoms with E-state index in [9.17, 15) is 4.39 Å². The zero-order chi connectivity index (χ0) is 14.7. The smallest absolute Gasteiger partial charge is 0.123 e. The van der Waals surface area contributed by atoms with Crippen molar-refractivity contribution in [3.63, 3.8) is 0 Å². The molecule has 1 unspecified atom stereocenters. The summed E-state index contributed by atoms with van der Waals surface area (Å²) in [4.78, 5) is 2.64. The predicted molar refractivity (Wildman–Crippen MR) is 82.0 cm³/mol. The van der Waals surface area contributed by atoms with Gasteiger partial charge in [-0.3, -0.25) is 0 Å². The minimum atomic E-state index is -0.239. The summed E-state index contributed by atoms with van der Waals surface area (Å²) in [7, 11) is 1.61. The lowest BCUT2D eigenvalue weighted by Gasteiger charge is -2.17. The van der Waals surface area contributed by atoms with Gasteiger partial charge in [-0.1, -0.05) is 0 Å². The Hall–Kier alpha value is -1.39. The molecular formula is C16H20FNOS. The van der Waals surface area contributed by atoms with E-state index in [-0.39, 0.29) is 11.9 Å². The summed E-state index contributed by atoms with van der Waals surface area (Å²) >= 11 is 1.80. The normalized spacial score (nSPS) is 12.4. The third-order valence-corrected chi connectivity index (χ3v) is 4.41. The van der Waals surface area contributed by atoms with E-state index in [0.29, 0.717) is 5.75 Å². The molecular weight excluding hydrogens is 273 g/mol. The average Bonchev–Trinajstić information content (AvgIpc) is 2.74. The van der Waals surface area contributed by atoms with Gasteiger partial charge in [-0.2, -0.15) is 0 Å². The van der Waals surface area contributed by atoms with E-state index >= 15 is 0 Å². The van der Waals surface area contributed by atoms with Gasteiger partial charge in [-0.15, -0.1) is 11.3 Å². The molecule has 2 nitrogen and oxygen atoms in total. The molecule has 0 saturated heterocycles. The Bertz CT molecular complexity index is 594. The van der Waals surface area contributed by atoms with Gasteiger partial charge in [0.05, 0.1) is 7.11 Å². The zero-order valence-electron chi connectivity index (χ0n) is 12.3. The predicted octanol–water partition coefficient (Wildman–Crippen LogP) is 4.36. The number of thiophene rings is 1. The Morgan fingerprint density at radius 2 is 2.05 bits per heavy atom. The van der Waals surface area contributed by atoms with Gasteiger partial charge >= 0.3 is 0 Å². The second-order valence-corrected chi connectivity index (χ2v) is 6.39. The molecule has 20 heavy (non-hydrogen) atoms.